The van der Waals surface area contributed by atoms with E-state index in [1.165, 1.54) is 43.1 Å². The van der Waals surface area contributed by atoms with Crippen molar-refractivity contribution in [1.29, 1.82) is 0 Å². The summed E-state index contributed by atoms with van der Waals surface area (Å²) >= 11 is 1.86. The number of fused-ring (bicyclic) bond motifs is 5. The van der Waals surface area contributed by atoms with E-state index in [9.17, 15) is 0 Å². The predicted octanol–water partition coefficient (Wildman–Crippen LogP) is 12.7. The van der Waals surface area contributed by atoms with E-state index in [0.29, 0.717) is 0 Å². The van der Waals surface area contributed by atoms with E-state index in [2.05, 4.69) is 157 Å². The Bertz CT molecular complexity index is 2700. The summed E-state index contributed by atoms with van der Waals surface area (Å²) in [6.07, 6.45) is 8.48. The highest BCUT2D eigenvalue weighted by Crippen LogP contribution is 2.51. The molecule has 3 heterocycles. The molecule has 0 fully saturated rings. The van der Waals surface area contributed by atoms with E-state index in [4.69, 9.17) is 9.72 Å². The van der Waals surface area contributed by atoms with Gasteiger partial charge >= 0.3 is 0 Å². The Morgan fingerprint density at radius 3 is 2.14 bits per heavy atom. The molecule has 50 heavy (non-hydrogen) atoms. The molecule has 0 atom stereocenters. The zero-order valence-electron chi connectivity index (χ0n) is 27.1. The van der Waals surface area contributed by atoms with Crippen molar-refractivity contribution in [2.24, 2.45) is 0 Å². The number of hydrogen-bond donors (Lipinski definition) is 0. The van der Waals surface area contributed by atoms with Crippen molar-refractivity contribution in [2.75, 3.05) is 5.75 Å². The lowest BCUT2D eigenvalue weighted by Gasteiger charge is -2.25. The fourth-order valence-corrected chi connectivity index (χ4v) is 8.59. The minimum atomic E-state index is 0.808. The van der Waals surface area contributed by atoms with Gasteiger partial charge in [-0.3, -0.25) is 4.57 Å². The maximum Gasteiger partial charge on any atom is 0.159 e. The molecule has 2 aliphatic heterocycles. The fourth-order valence-electron chi connectivity index (χ4n) is 7.63. The molecule has 0 saturated heterocycles. The van der Waals surface area contributed by atoms with Crippen LogP contribution in [0, 0.1) is 0 Å². The Morgan fingerprint density at radius 1 is 0.640 bits per heavy atom. The monoisotopic (exact) mass is 658 g/mol. The summed E-state index contributed by atoms with van der Waals surface area (Å²) in [5.74, 6) is 3.45. The van der Waals surface area contributed by atoms with Gasteiger partial charge in [0.05, 0.1) is 11.2 Å². The third kappa shape index (κ3) is 4.42. The molecule has 3 nitrogen and oxygen atoms in total. The van der Waals surface area contributed by atoms with E-state index in [0.717, 1.165) is 62.1 Å². The van der Waals surface area contributed by atoms with Crippen LogP contribution in [0.3, 0.4) is 0 Å². The molecule has 2 aliphatic rings. The highest BCUT2D eigenvalue weighted by Gasteiger charge is 2.29. The Hall–Kier alpha value is -6.10. The topological polar surface area (TPSA) is 27.1 Å². The SMILES string of the molecule is C=C1/C=C\C=C/CSc2cc(-c3c4ccccc4c(-c4cccc5c4Oc4cccc6nc(-c7ccccc7)n-5c46)c4ccccc34)ccc21. The van der Waals surface area contributed by atoms with Crippen molar-refractivity contribution >= 4 is 49.9 Å². The number of hydrogen-bond acceptors (Lipinski definition) is 3. The van der Waals surface area contributed by atoms with Gasteiger partial charge in [0.15, 0.2) is 11.5 Å². The van der Waals surface area contributed by atoms with Gasteiger partial charge in [-0.2, -0.15) is 0 Å². The van der Waals surface area contributed by atoms with Crippen molar-refractivity contribution in [1.82, 2.24) is 9.55 Å². The second-order valence-corrected chi connectivity index (χ2v) is 13.8. The maximum absolute atomic E-state index is 6.92. The molecule has 4 heteroatoms. The molecule has 10 rings (SSSR count). The lowest BCUT2D eigenvalue weighted by Crippen LogP contribution is -2.07. The number of allylic oxidation sites excluding steroid dienone is 4. The van der Waals surface area contributed by atoms with Crippen molar-refractivity contribution < 1.29 is 4.74 Å². The van der Waals surface area contributed by atoms with Crippen molar-refractivity contribution in [2.45, 2.75) is 4.90 Å². The predicted molar refractivity (Wildman–Crippen MR) is 211 cm³/mol. The molecule has 0 N–H and O–H groups in total. The van der Waals surface area contributed by atoms with Gasteiger partial charge in [0, 0.05) is 27.3 Å². The third-order valence-corrected chi connectivity index (χ3v) is 10.8. The molecule has 8 aromatic rings. The van der Waals surface area contributed by atoms with E-state index < -0.39 is 0 Å². The van der Waals surface area contributed by atoms with Crippen LogP contribution in [0.2, 0.25) is 0 Å². The number of imidazole rings is 1. The summed E-state index contributed by atoms with van der Waals surface area (Å²) < 4.78 is 9.19. The summed E-state index contributed by atoms with van der Waals surface area (Å²) in [7, 11) is 0. The van der Waals surface area contributed by atoms with E-state index >= 15 is 0 Å². The summed E-state index contributed by atoms with van der Waals surface area (Å²) in [5.41, 5.74) is 10.8. The molecule has 0 spiro atoms. The molecule has 0 radical (unpaired) electrons. The zero-order chi connectivity index (χ0) is 33.2. The highest BCUT2D eigenvalue weighted by atomic mass is 32.2. The average molecular weight is 659 g/mol. The van der Waals surface area contributed by atoms with Gasteiger partial charge in [-0.1, -0.05) is 140 Å². The number of ether oxygens (including phenoxy) is 1. The molecule has 0 aliphatic carbocycles. The van der Waals surface area contributed by atoms with Crippen LogP contribution in [0.1, 0.15) is 5.56 Å². The summed E-state index contributed by atoms with van der Waals surface area (Å²) in [5, 5.41) is 4.78. The summed E-state index contributed by atoms with van der Waals surface area (Å²) in [4.78, 5) is 6.36. The minimum absolute atomic E-state index is 0.808. The van der Waals surface area contributed by atoms with Crippen LogP contribution in [0.25, 0.3) is 77.5 Å². The smallest absolute Gasteiger partial charge is 0.159 e. The number of rotatable bonds is 3. The van der Waals surface area contributed by atoms with Crippen molar-refractivity contribution in [3.8, 4) is 50.8 Å². The van der Waals surface area contributed by atoms with Crippen LogP contribution >= 0.6 is 11.8 Å². The maximum atomic E-state index is 6.92. The number of benzene rings is 7. The molecule has 7 aromatic carbocycles. The van der Waals surface area contributed by atoms with Crippen LogP contribution < -0.4 is 4.74 Å². The van der Waals surface area contributed by atoms with Crippen LogP contribution in [-0.2, 0) is 0 Å². The molecular weight excluding hydrogens is 629 g/mol. The van der Waals surface area contributed by atoms with Gasteiger partial charge in [0.25, 0.3) is 0 Å². The molecular formula is C46H30N2OS. The first-order chi connectivity index (χ1) is 24.7. The van der Waals surface area contributed by atoms with Gasteiger partial charge in [-0.25, -0.2) is 4.98 Å². The minimum Gasteiger partial charge on any atom is -0.452 e. The molecule has 0 unspecified atom stereocenters. The second-order valence-electron chi connectivity index (χ2n) is 12.7. The fraction of sp³-hybridized carbons (Fsp3) is 0.0217. The van der Waals surface area contributed by atoms with E-state index in [1.807, 2.05) is 23.9 Å². The lowest BCUT2D eigenvalue weighted by molar-refractivity contribution is 0.478. The number of nitrogens with zero attached hydrogens (tertiary/aromatic N) is 2. The summed E-state index contributed by atoms with van der Waals surface area (Å²) in [6.45, 7) is 4.38. The molecule has 236 valence electrons. The lowest BCUT2D eigenvalue weighted by atomic mass is 9.85. The van der Waals surface area contributed by atoms with Gasteiger partial charge in [0.1, 0.15) is 11.3 Å². The Kier molecular flexibility index (Phi) is 6.64. The Labute approximate surface area is 294 Å². The van der Waals surface area contributed by atoms with E-state index in [1.54, 1.807) is 0 Å². The zero-order valence-corrected chi connectivity index (χ0v) is 28.0. The largest absolute Gasteiger partial charge is 0.452 e. The van der Waals surface area contributed by atoms with Gasteiger partial charge in [-0.05, 0) is 68.1 Å². The van der Waals surface area contributed by atoms with Gasteiger partial charge in [-0.15, -0.1) is 11.8 Å². The molecule has 0 bridgehead atoms. The van der Waals surface area contributed by atoms with Crippen LogP contribution in [-0.4, -0.2) is 15.3 Å². The Balaban J connectivity index is 1.24. The Morgan fingerprint density at radius 2 is 1.36 bits per heavy atom. The quantitative estimate of drug-likeness (QED) is 0.177. The standard InChI is InChI=1S/C46H30N2OS/c1-29-14-4-3-11-27-50-41-28-31(25-26-32(29)41)42-33-17-7-9-19-35(33)43(36-20-10-8-18-34(36)42)37-21-12-23-39-45(37)49-40-24-13-22-38-44(40)48(39)46(47-38)30-15-5-2-6-16-30/h2-26,28H,1,27H2/b11-3-,14-4-. The van der Waals surface area contributed by atoms with Crippen molar-refractivity contribution in [3.05, 3.63) is 170 Å². The van der Waals surface area contributed by atoms with Gasteiger partial charge < -0.3 is 4.74 Å². The molecule has 0 saturated carbocycles. The number of aromatic nitrogens is 2. The first-order valence-corrected chi connectivity index (χ1v) is 17.8. The molecule has 1 aromatic heterocycles. The van der Waals surface area contributed by atoms with E-state index in [-0.39, 0.29) is 0 Å². The third-order valence-electron chi connectivity index (χ3n) is 9.82. The average Bonchev–Trinajstić information content (AvgIpc) is 3.59. The second kappa shape index (κ2) is 11.5. The first kappa shape index (κ1) is 28.9. The molecule has 0 amide bonds. The van der Waals surface area contributed by atoms with Crippen molar-refractivity contribution in [3.63, 3.8) is 0 Å². The van der Waals surface area contributed by atoms with Crippen LogP contribution in [0.5, 0.6) is 11.5 Å². The number of para-hydroxylation sites is 2. The first-order valence-electron chi connectivity index (χ1n) is 16.9. The highest BCUT2D eigenvalue weighted by molar-refractivity contribution is 7.99. The summed E-state index contributed by atoms with van der Waals surface area (Å²) in [6, 6.07) is 47.5. The van der Waals surface area contributed by atoms with Crippen LogP contribution in [0.15, 0.2) is 169 Å². The van der Waals surface area contributed by atoms with Crippen LogP contribution in [0.4, 0.5) is 0 Å². The van der Waals surface area contributed by atoms with Gasteiger partial charge in [0.2, 0.25) is 0 Å². The number of thioether (sulfide) groups is 1. The normalized spacial score (nSPS) is 14.8.